The number of rotatable bonds is 4. The highest BCUT2D eigenvalue weighted by Gasteiger charge is 2.21. The molecule has 4 nitrogen and oxygen atoms in total. The van der Waals surface area contributed by atoms with Gasteiger partial charge in [-0.05, 0) is 69.8 Å². The van der Waals surface area contributed by atoms with Gasteiger partial charge in [0.2, 0.25) is 5.91 Å². The Bertz CT molecular complexity index is 527. The highest BCUT2D eigenvalue weighted by Crippen LogP contribution is 2.32. The molecule has 0 spiro atoms. The van der Waals surface area contributed by atoms with Crippen molar-refractivity contribution in [3.8, 4) is 5.75 Å². The van der Waals surface area contributed by atoms with E-state index in [1.54, 1.807) is 6.07 Å². The molecule has 1 heterocycles. The Morgan fingerprint density at radius 2 is 1.87 bits per heavy atom. The zero-order chi connectivity index (χ0) is 15.4. The third kappa shape index (κ3) is 5.00. The minimum atomic E-state index is 0. The minimum absolute atomic E-state index is 0. The monoisotopic (exact) mass is 358 g/mol. The summed E-state index contributed by atoms with van der Waals surface area (Å²) >= 11 is 6.29. The van der Waals surface area contributed by atoms with Crippen molar-refractivity contribution in [1.29, 1.82) is 0 Å². The van der Waals surface area contributed by atoms with Gasteiger partial charge in [-0.15, -0.1) is 12.4 Å². The average Bonchev–Trinajstić information content (AvgIpc) is 3.04. The zero-order valence-electron chi connectivity index (χ0n) is 13.1. The molecule has 0 atom stereocenters. The minimum Gasteiger partial charge on any atom is -0.489 e. The van der Waals surface area contributed by atoms with Gasteiger partial charge >= 0.3 is 0 Å². The summed E-state index contributed by atoms with van der Waals surface area (Å²) in [7, 11) is 0. The first-order valence-corrected chi connectivity index (χ1v) is 8.58. The van der Waals surface area contributed by atoms with Crippen molar-refractivity contribution in [2.75, 3.05) is 18.4 Å². The third-order valence-electron chi connectivity index (χ3n) is 4.51. The van der Waals surface area contributed by atoms with E-state index >= 15 is 0 Å². The van der Waals surface area contributed by atoms with Crippen molar-refractivity contribution in [2.45, 2.75) is 44.6 Å². The number of carbonyl (C=O) groups excluding carboxylic acids is 1. The molecule has 1 amide bonds. The van der Waals surface area contributed by atoms with Crippen LogP contribution in [0.3, 0.4) is 0 Å². The number of hydrogen-bond donors (Lipinski definition) is 2. The van der Waals surface area contributed by atoms with E-state index < -0.39 is 0 Å². The highest BCUT2D eigenvalue weighted by atomic mass is 35.5. The SMILES string of the molecule is Cl.O=C(Nc1ccc(OC2CCCC2)c(Cl)c1)C1CCNCC1. The van der Waals surface area contributed by atoms with E-state index in [4.69, 9.17) is 16.3 Å². The second kappa shape index (κ2) is 8.76. The topological polar surface area (TPSA) is 50.4 Å². The lowest BCUT2D eigenvalue weighted by molar-refractivity contribution is -0.120. The van der Waals surface area contributed by atoms with E-state index in [1.807, 2.05) is 12.1 Å². The molecule has 6 heteroatoms. The first kappa shape index (κ1) is 18.4. The van der Waals surface area contributed by atoms with E-state index in [9.17, 15) is 4.79 Å². The molecule has 0 aromatic heterocycles. The molecule has 23 heavy (non-hydrogen) atoms. The van der Waals surface area contributed by atoms with Crippen molar-refractivity contribution in [3.63, 3.8) is 0 Å². The van der Waals surface area contributed by atoms with Crippen LogP contribution in [-0.4, -0.2) is 25.1 Å². The van der Waals surface area contributed by atoms with Crippen LogP contribution in [0.25, 0.3) is 0 Å². The van der Waals surface area contributed by atoms with Gasteiger partial charge in [0.15, 0.2) is 0 Å². The number of benzene rings is 1. The standard InChI is InChI=1S/C17H23ClN2O2.ClH/c18-15-11-13(20-17(21)12-7-9-19-10-8-12)5-6-16(15)22-14-3-1-2-4-14;/h5-6,11-12,14,19H,1-4,7-10H2,(H,20,21);1H. The summed E-state index contributed by atoms with van der Waals surface area (Å²) in [5.74, 6) is 0.893. The fourth-order valence-corrected chi connectivity index (χ4v) is 3.41. The van der Waals surface area contributed by atoms with Crippen molar-refractivity contribution < 1.29 is 9.53 Å². The van der Waals surface area contributed by atoms with E-state index in [-0.39, 0.29) is 30.3 Å². The predicted octanol–water partition coefficient (Wildman–Crippen LogP) is 4.02. The van der Waals surface area contributed by atoms with Crippen LogP contribution >= 0.6 is 24.0 Å². The van der Waals surface area contributed by atoms with Crippen LogP contribution in [-0.2, 0) is 4.79 Å². The van der Waals surface area contributed by atoms with Gasteiger partial charge < -0.3 is 15.4 Å². The fourth-order valence-electron chi connectivity index (χ4n) is 3.19. The molecule has 2 fully saturated rings. The Hall–Kier alpha value is -0.970. The number of halogens is 2. The van der Waals surface area contributed by atoms with Gasteiger partial charge in [-0.25, -0.2) is 0 Å². The molecule has 0 unspecified atom stereocenters. The van der Waals surface area contributed by atoms with Gasteiger partial charge in [0.05, 0.1) is 11.1 Å². The van der Waals surface area contributed by atoms with Crippen LogP contribution in [0.4, 0.5) is 5.69 Å². The van der Waals surface area contributed by atoms with Crippen LogP contribution in [0.5, 0.6) is 5.75 Å². The number of hydrogen-bond acceptors (Lipinski definition) is 3. The smallest absolute Gasteiger partial charge is 0.227 e. The predicted molar refractivity (Wildman–Crippen MR) is 95.8 cm³/mol. The second-order valence-corrected chi connectivity index (χ2v) is 6.59. The number of carbonyl (C=O) groups is 1. The average molecular weight is 359 g/mol. The molecular weight excluding hydrogens is 335 g/mol. The van der Waals surface area contributed by atoms with Crippen LogP contribution in [0.15, 0.2) is 18.2 Å². The summed E-state index contributed by atoms with van der Waals surface area (Å²) < 4.78 is 5.93. The lowest BCUT2D eigenvalue weighted by Crippen LogP contribution is -2.34. The van der Waals surface area contributed by atoms with E-state index in [1.165, 1.54) is 12.8 Å². The van der Waals surface area contributed by atoms with Gasteiger partial charge in [0, 0.05) is 11.6 Å². The maximum absolute atomic E-state index is 12.2. The van der Waals surface area contributed by atoms with Gasteiger partial charge in [-0.2, -0.15) is 0 Å². The highest BCUT2D eigenvalue weighted by molar-refractivity contribution is 6.32. The van der Waals surface area contributed by atoms with Crippen molar-refractivity contribution >= 4 is 35.6 Å². The number of ether oxygens (including phenoxy) is 1. The number of nitrogens with one attached hydrogen (secondary N) is 2. The van der Waals surface area contributed by atoms with Crippen LogP contribution < -0.4 is 15.4 Å². The van der Waals surface area contributed by atoms with Crippen molar-refractivity contribution in [1.82, 2.24) is 5.32 Å². The molecule has 2 N–H and O–H groups in total. The number of anilines is 1. The molecule has 0 radical (unpaired) electrons. The quantitative estimate of drug-likeness (QED) is 0.854. The molecule has 2 aliphatic rings. The summed E-state index contributed by atoms with van der Waals surface area (Å²) in [6.45, 7) is 1.82. The molecule has 1 saturated heterocycles. The second-order valence-electron chi connectivity index (χ2n) is 6.18. The largest absolute Gasteiger partial charge is 0.489 e. The molecular formula is C17H24Cl2N2O2. The Morgan fingerprint density at radius 1 is 1.17 bits per heavy atom. The first-order valence-electron chi connectivity index (χ1n) is 8.20. The zero-order valence-corrected chi connectivity index (χ0v) is 14.7. The van der Waals surface area contributed by atoms with Gasteiger partial charge in [-0.3, -0.25) is 4.79 Å². The summed E-state index contributed by atoms with van der Waals surface area (Å²) in [6, 6.07) is 5.51. The van der Waals surface area contributed by atoms with Crippen LogP contribution in [0.2, 0.25) is 5.02 Å². The van der Waals surface area contributed by atoms with E-state index in [0.29, 0.717) is 10.8 Å². The summed E-state index contributed by atoms with van der Waals surface area (Å²) in [6.07, 6.45) is 6.73. The Kier molecular flexibility index (Phi) is 7.00. The Morgan fingerprint density at radius 3 is 2.52 bits per heavy atom. The van der Waals surface area contributed by atoms with Gasteiger partial charge in [0.1, 0.15) is 5.75 Å². The Balaban J connectivity index is 0.00000192. The lowest BCUT2D eigenvalue weighted by Gasteiger charge is -2.22. The molecule has 1 aromatic carbocycles. The maximum atomic E-state index is 12.2. The van der Waals surface area contributed by atoms with E-state index in [0.717, 1.165) is 44.5 Å². The molecule has 3 rings (SSSR count). The number of amides is 1. The van der Waals surface area contributed by atoms with Crippen LogP contribution in [0, 0.1) is 5.92 Å². The van der Waals surface area contributed by atoms with Crippen molar-refractivity contribution in [2.24, 2.45) is 5.92 Å². The van der Waals surface area contributed by atoms with Gasteiger partial charge in [0.25, 0.3) is 0 Å². The first-order chi connectivity index (χ1) is 10.7. The molecule has 1 aliphatic carbocycles. The van der Waals surface area contributed by atoms with Gasteiger partial charge in [-0.1, -0.05) is 11.6 Å². The number of piperidine rings is 1. The summed E-state index contributed by atoms with van der Waals surface area (Å²) in [4.78, 5) is 12.2. The van der Waals surface area contributed by atoms with E-state index in [2.05, 4.69) is 10.6 Å². The summed E-state index contributed by atoms with van der Waals surface area (Å²) in [5, 5.41) is 6.80. The Labute approximate surface area is 148 Å². The normalized spacial score (nSPS) is 19.2. The lowest BCUT2D eigenvalue weighted by atomic mass is 9.97. The van der Waals surface area contributed by atoms with Crippen LogP contribution in [0.1, 0.15) is 38.5 Å². The van der Waals surface area contributed by atoms with Crippen molar-refractivity contribution in [3.05, 3.63) is 23.2 Å². The fraction of sp³-hybridized carbons (Fsp3) is 0.588. The molecule has 128 valence electrons. The summed E-state index contributed by atoms with van der Waals surface area (Å²) in [5.41, 5.74) is 0.743. The molecule has 0 bridgehead atoms. The molecule has 1 aliphatic heterocycles. The molecule has 1 saturated carbocycles. The molecule has 1 aromatic rings. The maximum Gasteiger partial charge on any atom is 0.227 e. The third-order valence-corrected chi connectivity index (χ3v) is 4.80.